The Kier molecular flexibility index (Phi) is 6.66. The maximum Gasteiger partial charge on any atom is 0.318 e. The van der Waals surface area contributed by atoms with Crippen LogP contribution >= 0.6 is 23.1 Å². The van der Waals surface area contributed by atoms with Gasteiger partial charge in [0.2, 0.25) is 5.91 Å². The molecule has 0 aliphatic heterocycles. The number of urea groups is 1. The molecular weight excluding hydrogens is 444 g/mol. The lowest BCUT2D eigenvalue weighted by Crippen LogP contribution is -2.39. The summed E-state index contributed by atoms with van der Waals surface area (Å²) in [6.07, 6.45) is 3.62. The third-order valence-electron chi connectivity index (χ3n) is 5.74. The average molecular weight is 471 g/mol. The van der Waals surface area contributed by atoms with Crippen LogP contribution < -0.4 is 16.6 Å². The van der Waals surface area contributed by atoms with E-state index in [0.29, 0.717) is 24.0 Å². The molecule has 1 aromatic carbocycles. The van der Waals surface area contributed by atoms with Gasteiger partial charge in [0.05, 0.1) is 10.6 Å². The van der Waals surface area contributed by atoms with Crippen LogP contribution in [0.15, 0.2) is 40.3 Å². The monoisotopic (exact) mass is 470 g/mol. The van der Waals surface area contributed by atoms with Crippen LogP contribution in [0, 0.1) is 5.92 Å². The van der Waals surface area contributed by atoms with E-state index < -0.39 is 17.2 Å². The number of nitrogens with zero attached hydrogens (tertiary/aromatic N) is 2. The van der Waals surface area contributed by atoms with Crippen molar-refractivity contribution in [2.45, 2.75) is 56.5 Å². The lowest BCUT2D eigenvalue weighted by atomic mass is 9.89. The highest BCUT2D eigenvalue weighted by molar-refractivity contribution is 8.00. The second-order valence-corrected chi connectivity index (χ2v) is 10.6. The number of hydrogen-bond acceptors (Lipinski definition) is 6. The highest BCUT2D eigenvalue weighted by Crippen LogP contribution is 2.37. The molecule has 0 saturated carbocycles. The van der Waals surface area contributed by atoms with Crippen molar-refractivity contribution in [1.82, 2.24) is 14.9 Å². The largest absolute Gasteiger partial charge is 0.351 e. The summed E-state index contributed by atoms with van der Waals surface area (Å²) >= 11 is 2.76. The smallest absolute Gasteiger partial charge is 0.318 e. The fraction of sp³-hybridized carbons (Fsp3) is 0.391. The Morgan fingerprint density at radius 1 is 1.34 bits per heavy atom. The predicted octanol–water partition coefficient (Wildman–Crippen LogP) is 3.50. The molecule has 0 fully saturated rings. The van der Waals surface area contributed by atoms with Gasteiger partial charge >= 0.3 is 6.03 Å². The van der Waals surface area contributed by atoms with Crippen LogP contribution in [0.5, 0.6) is 0 Å². The second-order valence-electron chi connectivity index (χ2n) is 8.23. The number of aryl methyl sites for hydroxylation is 2. The topological polar surface area (TPSA) is 107 Å². The molecule has 3 amide bonds. The van der Waals surface area contributed by atoms with Crippen LogP contribution in [0.25, 0.3) is 10.2 Å². The van der Waals surface area contributed by atoms with Crippen LogP contribution in [-0.2, 0) is 30.6 Å². The lowest BCUT2D eigenvalue weighted by molar-refractivity contribution is -0.119. The van der Waals surface area contributed by atoms with E-state index in [-0.39, 0.29) is 5.56 Å². The fourth-order valence-corrected chi connectivity index (χ4v) is 6.37. The first-order valence-corrected chi connectivity index (χ1v) is 12.4. The molecule has 2 atom stereocenters. The number of primary amides is 1. The highest BCUT2D eigenvalue weighted by Gasteiger charge is 2.26. The molecule has 7 nitrogen and oxygen atoms in total. The zero-order valence-electron chi connectivity index (χ0n) is 18.1. The Morgan fingerprint density at radius 2 is 2.09 bits per heavy atom. The van der Waals surface area contributed by atoms with Gasteiger partial charge in [-0.25, -0.2) is 9.78 Å². The molecule has 1 aliphatic rings. The molecule has 1 aliphatic carbocycles. The maximum atomic E-state index is 13.7. The highest BCUT2D eigenvalue weighted by atomic mass is 32.2. The number of carbonyl (C=O) groups excluding carboxylic acids is 2. The van der Waals surface area contributed by atoms with Crippen LogP contribution in [0.3, 0.4) is 0 Å². The van der Waals surface area contributed by atoms with E-state index in [1.807, 2.05) is 30.3 Å². The van der Waals surface area contributed by atoms with Gasteiger partial charge in [-0.15, -0.1) is 11.3 Å². The van der Waals surface area contributed by atoms with Crippen molar-refractivity contribution in [1.29, 1.82) is 0 Å². The first-order chi connectivity index (χ1) is 15.3. The molecule has 3 N–H and O–H groups in total. The molecule has 2 heterocycles. The summed E-state index contributed by atoms with van der Waals surface area (Å²) in [4.78, 5) is 43.8. The van der Waals surface area contributed by atoms with Crippen molar-refractivity contribution in [2.24, 2.45) is 11.7 Å². The molecule has 9 heteroatoms. The van der Waals surface area contributed by atoms with E-state index in [1.54, 1.807) is 22.8 Å². The number of benzene rings is 1. The van der Waals surface area contributed by atoms with E-state index in [4.69, 9.17) is 10.7 Å². The standard InChI is InChI=1S/C23H26N4O3S2/c1-13-8-9-16-17(12-13)32-20-18(16)21(29)27(11-10-15-6-4-3-5-7-15)23(26-20)31-14(2)19(28)25-22(24)30/h3-7,13-14H,8-12H2,1-2H3,(H3,24,25,28,30)/t13-,14-/m0/s1. The summed E-state index contributed by atoms with van der Waals surface area (Å²) in [7, 11) is 0. The number of fused-ring (bicyclic) bond motifs is 3. The fourth-order valence-electron chi connectivity index (χ4n) is 4.01. The predicted molar refractivity (Wildman–Crippen MR) is 128 cm³/mol. The zero-order valence-corrected chi connectivity index (χ0v) is 19.7. The van der Waals surface area contributed by atoms with E-state index >= 15 is 0 Å². The Balaban J connectivity index is 1.74. The molecule has 4 rings (SSSR count). The lowest BCUT2D eigenvalue weighted by Gasteiger charge is -2.18. The van der Waals surface area contributed by atoms with Crippen LogP contribution in [-0.4, -0.2) is 26.7 Å². The molecule has 3 aromatic rings. The van der Waals surface area contributed by atoms with Crippen LogP contribution in [0.2, 0.25) is 0 Å². The van der Waals surface area contributed by atoms with E-state index in [2.05, 4.69) is 12.2 Å². The molecule has 168 valence electrons. The van der Waals surface area contributed by atoms with Crippen molar-refractivity contribution in [3.05, 3.63) is 56.7 Å². The minimum absolute atomic E-state index is 0.0528. The summed E-state index contributed by atoms with van der Waals surface area (Å²) in [5.41, 5.74) is 7.30. The summed E-state index contributed by atoms with van der Waals surface area (Å²) < 4.78 is 1.68. The summed E-state index contributed by atoms with van der Waals surface area (Å²) in [6.45, 7) is 4.36. The van der Waals surface area contributed by atoms with Crippen LogP contribution in [0.1, 0.15) is 36.3 Å². The SMILES string of the molecule is C[C@H]1CCc2c(sc3nc(S[C@@H](C)C(=O)NC(N)=O)n(CCc4ccccc4)c(=O)c23)C1. The van der Waals surface area contributed by atoms with Gasteiger partial charge < -0.3 is 5.73 Å². The number of nitrogens with two attached hydrogens (primary N) is 1. The number of amides is 3. The normalized spacial score (nSPS) is 16.5. The Morgan fingerprint density at radius 3 is 2.81 bits per heavy atom. The zero-order chi connectivity index (χ0) is 22.8. The van der Waals surface area contributed by atoms with Crippen molar-refractivity contribution in [2.75, 3.05) is 0 Å². The molecule has 0 spiro atoms. The van der Waals surface area contributed by atoms with Gasteiger partial charge in [-0.05, 0) is 49.7 Å². The molecule has 0 radical (unpaired) electrons. The summed E-state index contributed by atoms with van der Waals surface area (Å²) in [5, 5.41) is 2.68. The number of thiophene rings is 1. The van der Waals surface area contributed by atoms with Crippen molar-refractivity contribution >= 4 is 45.3 Å². The minimum Gasteiger partial charge on any atom is -0.351 e. The van der Waals surface area contributed by atoms with Gasteiger partial charge in [-0.2, -0.15) is 0 Å². The Bertz CT molecular complexity index is 1220. The minimum atomic E-state index is -0.896. The van der Waals surface area contributed by atoms with E-state index in [0.717, 1.165) is 40.6 Å². The molecular formula is C23H26N4O3S2. The number of carbonyl (C=O) groups is 2. The van der Waals surface area contributed by atoms with Gasteiger partial charge in [0.1, 0.15) is 4.83 Å². The number of aromatic nitrogens is 2. The van der Waals surface area contributed by atoms with Crippen molar-refractivity contribution in [3.63, 3.8) is 0 Å². The number of imide groups is 1. The Labute approximate surface area is 194 Å². The van der Waals surface area contributed by atoms with Crippen molar-refractivity contribution < 1.29 is 9.59 Å². The number of nitrogens with one attached hydrogen (secondary N) is 1. The summed E-state index contributed by atoms with van der Waals surface area (Å²) in [5.74, 6) is 0.0907. The van der Waals surface area contributed by atoms with Gasteiger partial charge in [-0.3, -0.25) is 19.5 Å². The Hall–Kier alpha value is -2.65. The molecule has 0 unspecified atom stereocenters. The van der Waals surface area contributed by atoms with Gasteiger partial charge in [-0.1, -0.05) is 49.0 Å². The molecule has 32 heavy (non-hydrogen) atoms. The van der Waals surface area contributed by atoms with Gasteiger partial charge in [0.25, 0.3) is 5.56 Å². The first-order valence-electron chi connectivity index (χ1n) is 10.7. The third kappa shape index (κ3) is 4.73. The molecule has 0 bridgehead atoms. The number of rotatable bonds is 6. The van der Waals surface area contributed by atoms with Gasteiger partial charge in [0, 0.05) is 11.4 Å². The number of hydrogen-bond donors (Lipinski definition) is 2. The molecule has 2 aromatic heterocycles. The molecule has 0 saturated heterocycles. The average Bonchev–Trinajstić information content (AvgIpc) is 3.11. The van der Waals surface area contributed by atoms with Crippen LogP contribution in [0.4, 0.5) is 4.79 Å². The summed E-state index contributed by atoms with van der Waals surface area (Å²) in [6, 6.07) is 9.07. The second kappa shape index (κ2) is 9.46. The first kappa shape index (κ1) is 22.5. The van der Waals surface area contributed by atoms with Crippen molar-refractivity contribution in [3.8, 4) is 0 Å². The van der Waals surface area contributed by atoms with E-state index in [9.17, 15) is 14.4 Å². The number of thioether (sulfide) groups is 1. The van der Waals surface area contributed by atoms with Gasteiger partial charge in [0.15, 0.2) is 5.16 Å². The van der Waals surface area contributed by atoms with E-state index in [1.165, 1.54) is 16.6 Å². The quantitative estimate of drug-likeness (QED) is 0.424. The third-order valence-corrected chi connectivity index (χ3v) is 7.98. The maximum absolute atomic E-state index is 13.7.